The molecule has 1 aliphatic heterocycles. The molecule has 0 spiro atoms. The lowest BCUT2D eigenvalue weighted by Crippen LogP contribution is -2.28. The molecular formula is C17H24N2O2. The van der Waals surface area contributed by atoms with Crippen LogP contribution in [0.15, 0.2) is 18.2 Å². The number of amides is 2. The predicted octanol–water partition coefficient (Wildman–Crippen LogP) is 3.22. The van der Waals surface area contributed by atoms with Crippen molar-refractivity contribution >= 4 is 17.5 Å². The Bertz CT molecular complexity index is 534. The molecule has 2 rings (SSSR count). The van der Waals surface area contributed by atoms with Crippen LogP contribution in [0.5, 0.6) is 0 Å². The largest absolute Gasteiger partial charge is 0.339 e. The molecule has 1 fully saturated rings. The first-order valence-corrected chi connectivity index (χ1v) is 7.74. The first-order chi connectivity index (χ1) is 10.0. The molecule has 0 bridgehead atoms. The number of nitrogens with zero attached hydrogens (tertiary/aromatic N) is 1. The zero-order valence-electron chi connectivity index (χ0n) is 13.1. The van der Waals surface area contributed by atoms with Gasteiger partial charge in [-0.2, -0.15) is 0 Å². The van der Waals surface area contributed by atoms with Crippen LogP contribution in [0.2, 0.25) is 0 Å². The van der Waals surface area contributed by atoms with Gasteiger partial charge in [0.2, 0.25) is 5.91 Å². The van der Waals surface area contributed by atoms with E-state index in [9.17, 15) is 9.59 Å². The van der Waals surface area contributed by atoms with Crippen LogP contribution in [0.1, 0.15) is 49.0 Å². The molecule has 1 aromatic carbocycles. The van der Waals surface area contributed by atoms with E-state index in [4.69, 9.17) is 0 Å². The third-order valence-corrected chi connectivity index (χ3v) is 4.28. The van der Waals surface area contributed by atoms with Crippen molar-refractivity contribution < 1.29 is 9.59 Å². The van der Waals surface area contributed by atoms with Gasteiger partial charge in [0.1, 0.15) is 0 Å². The molecule has 0 saturated carbocycles. The number of hydrogen-bond acceptors (Lipinski definition) is 2. The number of hydrogen-bond donors (Lipinski definition) is 1. The number of likely N-dealkylation sites (tertiary alicyclic amines) is 1. The molecule has 4 heteroatoms. The van der Waals surface area contributed by atoms with E-state index in [0.29, 0.717) is 5.56 Å². The molecule has 0 aliphatic carbocycles. The molecule has 1 atom stereocenters. The third-order valence-electron chi connectivity index (χ3n) is 4.28. The van der Waals surface area contributed by atoms with Crippen molar-refractivity contribution in [1.29, 1.82) is 0 Å². The molecule has 1 N–H and O–H groups in total. The minimum absolute atomic E-state index is 0.00590. The lowest BCUT2D eigenvalue weighted by molar-refractivity contribution is -0.119. The maximum Gasteiger partial charge on any atom is 0.254 e. The first kappa shape index (κ1) is 15.5. The Morgan fingerprint density at radius 1 is 1.29 bits per heavy atom. The molecule has 21 heavy (non-hydrogen) atoms. The van der Waals surface area contributed by atoms with Crippen LogP contribution in [0.4, 0.5) is 5.69 Å². The highest BCUT2D eigenvalue weighted by Gasteiger charge is 2.22. The average molecular weight is 288 g/mol. The Hall–Kier alpha value is -1.84. The van der Waals surface area contributed by atoms with Crippen LogP contribution in [-0.2, 0) is 4.79 Å². The van der Waals surface area contributed by atoms with Crippen molar-refractivity contribution in [3.05, 3.63) is 29.3 Å². The van der Waals surface area contributed by atoms with Gasteiger partial charge in [-0.25, -0.2) is 0 Å². The number of benzene rings is 1. The number of nitrogens with one attached hydrogen (secondary N) is 1. The van der Waals surface area contributed by atoms with E-state index in [0.717, 1.165) is 43.6 Å². The molecule has 1 saturated heterocycles. The van der Waals surface area contributed by atoms with Crippen LogP contribution in [0.3, 0.4) is 0 Å². The normalized spacial score (nSPS) is 15.9. The fraction of sp³-hybridized carbons (Fsp3) is 0.529. The summed E-state index contributed by atoms with van der Waals surface area (Å²) in [5.41, 5.74) is 2.29. The molecule has 4 nitrogen and oxygen atoms in total. The van der Waals surface area contributed by atoms with Gasteiger partial charge in [0.15, 0.2) is 0 Å². The van der Waals surface area contributed by atoms with E-state index in [1.54, 1.807) is 0 Å². The van der Waals surface area contributed by atoms with Gasteiger partial charge in [-0.15, -0.1) is 0 Å². The van der Waals surface area contributed by atoms with E-state index in [-0.39, 0.29) is 17.7 Å². The highest BCUT2D eigenvalue weighted by Crippen LogP contribution is 2.23. The quantitative estimate of drug-likeness (QED) is 0.925. The van der Waals surface area contributed by atoms with Crippen LogP contribution < -0.4 is 5.32 Å². The van der Waals surface area contributed by atoms with Gasteiger partial charge >= 0.3 is 0 Å². The van der Waals surface area contributed by atoms with Gasteiger partial charge in [-0.1, -0.05) is 19.9 Å². The summed E-state index contributed by atoms with van der Waals surface area (Å²) in [4.78, 5) is 26.4. The summed E-state index contributed by atoms with van der Waals surface area (Å²) in [6.07, 6.45) is 2.96. The fourth-order valence-electron chi connectivity index (χ4n) is 2.53. The minimum atomic E-state index is -0.0256. The molecule has 0 radical (unpaired) electrons. The topological polar surface area (TPSA) is 49.4 Å². The summed E-state index contributed by atoms with van der Waals surface area (Å²) < 4.78 is 0. The SMILES string of the molecule is CCC(C)C(=O)Nc1cccc(C(=O)N2CCCC2)c1C. The smallest absolute Gasteiger partial charge is 0.254 e. The van der Waals surface area contributed by atoms with Gasteiger partial charge in [-0.3, -0.25) is 9.59 Å². The van der Waals surface area contributed by atoms with Crippen LogP contribution in [0.25, 0.3) is 0 Å². The van der Waals surface area contributed by atoms with Crippen LogP contribution >= 0.6 is 0 Å². The van der Waals surface area contributed by atoms with Crippen LogP contribution in [0, 0.1) is 12.8 Å². The van der Waals surface area contributed by atoms with E-state index in [1.165, 1.54) is 0 Å². The number of carbonyl (C=O) groups is 2. The van der Waals surface area contributed by atoms with Crippen molar-refractivity contribution in [1.82, 2.24) is 4.90 Å². The summed E-state index contributed by atoms with van der Waals surface area (Å²) in [7, 11) is 0. The van der Waals surface area contributed by atoms with Gasteiger partial charge in [0.25, 0.3) is 5.91 Å². The second kappa shape index (κ2) is 6.74. The fourth-order valence-corrected chi connectivity index (χ4v) is 2.53. The zero-order valence-corrected chi connectivity index (χ0v) is 13.1. The molecule has 1 aromatic rings. The van der Waals surface area contributed by atoms with E-state index in [1.807, 2.05) is 43.9 Å². The standard InChI is InChI=1S/C17H24N2O2/c1-4-12(2)16(20)18-15-9-7-8-14(13(15)3)17(21)19-10-5-6-11-19/h7-9,12H,4-6,10-11H2,1-3H3,(H,18,20). The summed E-state index contributed by atoms with van der Waals surface area (Å²) >= 11 is 0. The molecule has 1 heterocycles. The molecule has 2 amide bonds. The molecule has 1 unspecified atom stereocenters. The molecule has 0 aromatic heterocycles. The van der Waals surface area contributed by atoms with E-state index < -0.39 is 0 Å². The lowest BCUT2D eigenvalue weighted by atomic mass is 10.0. The average Bonchev–Trinajstić information content (AvgIpc) is 3.02. The Balaban J connectivity index is 2.19. The second-order valence-electron chi connectivity index (χ2n) is 5.78. The summed E-state index contributed by atoms with van der Waals surface area (Å²) in [6, 6.07) is 5.54. The zero-order chi connectivity index (χ0) is 15.4. The van der Waals surface area contributed by atoms with Crippen molar-refractivity contribution in [3.63, 3.8) is 0 Å². The van der Waals surface area contributed by atoms with Crippen LogP contribution in [-0.4, -0.2) is 29.8 Å². The first-order valence-electron chi connectivity index (χ1n) is 7.74. The predicted molar refractivity (Wildman–Crippen MR) is 84.4 cm³/mol. The van der Waals surface area contributed by atoms with E-state index in [2.05, 4.69) is 5.32 Å². The Morgan fingerprint density at radius 2 is 1.95 bits per heavy atom. The van der Waals surface area contributed by atoms with Crippen molar-refractivity contribution in [3.8, 4) is 0 Å². The van der Waals surface area contributed by atoms with Crippen molar-refractivity contribution in [2.75, 3.05) is 18.4 Å². The number of rotatable bonds is 4. The van der Waals surface area contributed by atoms with Gasteiger partial charge in [0.05, 0.1) is 0 Å². The summed E-state index contributed by atoms with van der Waals surface area (Å²) in [6.45, 7) is 7.47. The monoisotopic (exact) mass is 288 g/mol. The van der Waals surface area contributed by atoms with Gasteiger partial charge in [-0.05, 0) is 43.9 Å². The number of carbonyl (C=O) groups excluding carboxylic acids is 2. The van der Waals surface area contributed by atoms with Crippen molar-refractivity contribution in [2.24, 2.45) is 5.92 Å². The van der Waals surface area contributed by atoms with Crippen molar-refractivity contribution in [2.45, 2.75) is 40.0 Å². The Morgan fingerprint density at radius 3 is 2.57 bits per heavy atom. The lowest BCUT2D eigenvalue weighted by Gasteiger charge is -2.19. The maximum atomic E-state index is 12.5. The summed E-state index contributed by atoms with van der Waals surface area (Å²) in [5, 5.41) is 2.94. The molecule has 1 aliphatic rings. The third kappa shape index (κ3) is 3.43. The highest BCUT2D eigenvalue weighted by atomic mass is 16.2. The summed E-state index contributed by atoms with van der Waals surface area (Å²) in [5.74, 6) is 0.0540. The van der Waals surface area contributed by atoms with Gasteiger partial charge in [0, 0.05) is 30.3 Å². The van der Waals surface area contributed by atoms with Gasteiger partial charge < -0.3 is 10.2 Å². The Kier molecular flexibility index (Phi) is 4.99. The maximum absolute atomic E-state index is 12.5. The highest BCUT2D eigenvalue weighted by molar-refractivity contribution is 5.99. The minimum Gasteiger partial charge on any atom is -0.339 e. The Labute approximate surface area is 126 Å². The number of anilines is 1. The molecule has 114 valence electrons. The van der Waals surface area contributed by atoms with E-state index >= 15 is 0 Å². The molecular weight excluding hydrogens is 264 g/mol. The second-order valence-corrected chi connectivity index (χ2v) is 5.78.